The Hall–Kier alpha value is -0.610. The molecule has 0 aliphatic carbocycles. The normalized spacial score (nSPS) is 12.5. The van der Waals surface area contributed by atoms with E-state index < -0.39 is 0 Å². The zero-order valence-electron chi connectivity index (χ0n) is 8.33. The lowest BCUT2D eigenvalue weighted by molar-refractivity contribution is 0.661. The van der Waals surface area contributed by atoms with Crippen LogP contribution in [0, 0.1) is 0 Å². The third kappa shape index (κ3) is 4.07. The van der Waals surface area contributed by atoms with Crippen LogP contribution >= 0.6 is 15.9 Å². The highest BCUT2D eigenvalue weighted by Crippen LogP contribution is 2.12. The molecule has 0 aliphatic heterocycles. The summed E-state index contributed by atoms with van der Waals surface area (Å²) in [6.45, 7) is 2.89. The van der Waals surface area contributed by atoms with E-state index in [0.717, 1.165) is 29.7 Å². The minimum Gasteiger partial charge on any atom is -0.368 e. The second kappa shape index (κ2) is 5.98. The van der Waals surface area contributed by atoms with Crippen LogP contribution in [0.25, 0.3) is 0 Å². The summed E-state index contributed by atoms with van der Waals surface area (Å²) < 4.78 is 0.998. The number of nitrogens with two attached hydrogens (primary N) is 1. The number of anilines is 1. The molecule has 4 heteroatoms. The number of nitrogens with one attached hydrogen (secondary N) is 1. The molecule has 1 aromatic rings. The molecule has 1 unspecified atom stereocenters. The van der Waals surface area contributed by atoms with Crippen molar-refractivity contribution in [2.24, 2.45) is 5.73 Å². The molecule has 0 amide bonds. The summed E-state index contributed by atoms with van der Waals surface area (Å²) in [6, 6.07) is 4.36. The topological polar surface area (TPSA) is 50.9 Å². The van der Waals surface area contributed by atoms with Crippen LogP contribution in [0.5, 0.6) is 0 Å². The molecule has 3 N–H and O–H groups in total. The smallest absolute Gasteiger partial charge is 0.126 e. The van der Waals surface area contributed by atoms with Crippen molar-refractivity contribution in [3.05, 3.63) is 22.8 Å². The van der Waals surface area contributed by atoms with Gasteiger partial charge in [0, 0.05) is 16.7 Å². The predicted molar refractivity (Wildman–Crippen MR) is 63.3 cm³/mol. The van der Waals surface area contributed by atoms with Crippen LogP contribution in [0.3, 0.4) is 0 Å². The van der Waals surface area contributed by atoms with E-state index >= 15 is 0 Å². The van der Waals surface area contributed by atoms with Crippen molar-refractivity contribution in [2.45, 2.75) is 25.8 Å². The van der Waals surface area contributed by atoms with Gasteiger partial charge in [-0.15, -0.1) is 0 Å². The lowest BCUT2D eigenvalue weighted by Crippen LogP contribution is -2.17. The number of halogens is 1. The van der Waals surface area contributed by atoms with Gasteiger partial charge in [0.05, 0.1) is 0 Å². The molecule has 0 fully saturated rings. The first-order chi connectivity index (χ1) is 6.72. The van der Waals surface area contributed by atoms with Gasteiger partial charge in [-0.2, -0.15) is 0 Å². The Labute approximate surface area is 93.2 Å². The molecule has 1 aromatic heterocycles. The average molecular weight is 258 g/mol. The fraction of sp³-hybridized carbons (Fsp3) is 0.500. The molecule has 14 heavy (non-hydrogen) atoms. The van der Waals surface area contributed by atoms with Crippen molar-refractivity contribution < 1.29 is 0 Å². The van der Waals surface area contributed by atoms with Crippen molar-refractivity contribution in [2.75, 3.05) is 11.9 Å². The van der Waals surface area contributed by atoms with Crippen LogP contribution in [-0.2, 0) is 0 Å². The molecule has 3 nitrogen and oxygen atoms in total. The summed E-state index contributed by atoms with van der Waals surface area (Å²) in [5.41, 5.74) is 5.44. The maximum atomic E-state index is 5.44. The molecular weight excluding hydrogens is 242 g/mol. The summed E-state index contributed by atoms with van der Waals surface area (Å²) in [5.74, 6) is 0.915. The number of nitrogens with zero attached hydrogens (tertiary/aromatic N) is 1. The lowest BCUT2D eigenvalue weighted by atomic mass is 10.2. The van der Waals surface area contributed by atoms with Crippen LogP contribution in [0.2, 0.25) is 0 Å². The number of hydrogen-bond acceptors (Lipinski definition) is 3. The van der Waals surface area contributed by atoms with Gasteiger partial charge in [-0.1, -0.05) is 0 Å². The number of pyridine rings is 1. The molecule has 1 rings (SSSR count). The first-order valence-electron chi connectivity index (χ1n) is 4.80. The van der Waals surface area contributed by atoms with E-state index in [4.69, 9.17) is 5.73 Å². The molecular formula is C10H16BrN3. The molecule has 1 heterocycles. The Morgan fingerprint density at radius 1 is 1.57 bits per heavy atom. The Balaban J connectivity index is 2.39. The van der Waals surface area contributed by atoms with Crippen LogP contribution in [0.15, 0.2) is 22.8 Å². The van der Waals surface area contributed by atoms with Gasteiger partial charge in [0.15, 0.2) is 0 Å². The quantitative estimate of drug-likeness (QED) is 0.852. The van der Waals surface area contributed by atoms with E-state index in [1.54, 1.807) is 6.20 Å². The van der Waals surface area contributed by atoms with Crippen LogP contribution < -0.4 is 11.1 Å². The van der Waals surface area contributed by atoms with Gasteiger partial charge in [-0.25, -0.2) is 4.98 Å². The fourth-order valence-corrected chi connectivity index (χ4v) is 1.44. The third-order valence-corrected chi connectivity index (χ3v) is 2.43. The monoisotopic (exact) mass is 257 g/mol. The molecule has 0 aromatic carbocycles. The zero-order valence-corrected chi connectivity index (χ0v) is 9.92. The summed E-state index contributed by atoms with van der Waals surface area (Å²) >= 11 is 3.35. The van der Waals surface area contributed by atoms with E-state index in [1.807, 2.05) is 12.1 Å². The van der Waals surface area contributed by atoms with Crippen LogP contribution in [0.4, 0.5) is 5.82 Å². The molecule has 0 bridgehead atoms. The lowest BCUT2D eigenvalue weighted by Gasteiger charge is -2.13. The first kappa shape index (κ1) is 11.5. The highest BCUT2D eigenvalue weighted by Gasteiger charge is 2.01. The maximum Gasteiger partial charge on any atom is 0.126 e. The van der Waals surface area contributed by atoms with Crippen molar-refractivity contribution in [3.8, 4) is 0 Å². The Kier molecular flexibility index (Phi) is 4.90. The summed E-state index contributed by atoms with van der Waals surface area (Å²) in [7, 11) is 0. The third-order valence-electron chi connectivity index (χ3n) is 1.96. The highest BCUT2D eigenvalue weighted by molar-refractivity contribution is 9.10. The summed E-state index contributed by atoms with van der Waals surface area (Å²) in [6.07, 6.45) is 3.91. The molecule has 0 aliphatic rings. The molecule has 0 radical (unpaired) electrons. The number of hydrogen-bond donors (Lipinski definition) is 2. The minimum absolute atomic E-state index is 0.423. The van der Waals surface area contributed by atoms with Crippen molar-refractivity contribution >= 4 is 21.7 Å². The van der Waals surface area contributed by atoms with Gasteiger partial charge < -0.3 is 11.1 Å². The second-order valence-corrected chi connectivity index (χ2v) is 4.25. The maximum absolute atomic E-state index is 5.44. The van der Waals surface area contributed by atoms with Gasteiger partial charge in [-0.05, 0) is 54.4 Å². The van der Waals surface area contributed by atoms with E-state index in [0.29, 0.717) is 6.04 Å². The Morgan fingerprint density at radius 2 is 2.36 bits per heavy atom. The van der Waals surface area contributed by atoms with E-state index in [-0.39, 0.29) is 0 Å². The highest BCUT2D eigenvalue weighted by atomic mass is 79.9. The van der Waals surface area contributed by atoms with Crippen molar-refractivity contribution in [1.29, 1.82) is 0 Å². The average Bonchev–Trinajstić information content (AvgIpc) is 2.18. The molecule has 78 valence electrons. The number of aromatic nitrogens is 1. The van der Waals surface area contributed by atoms with Crippen molar-refractivity contribution in [1.82, 2.24) is 4.98 Å². The van der Waals surface area contributed by atoms with Crippen LogP contribution in [0.1, 0.15) is 19.8 Å². The molecule has 0 spiro atoms. The van der Waals surface area contributed by atoms with Crippen LogP contribution in [-0.4, -0.2) is 17.6 Å². The van der Waals surface area contributed by atoms with Gasteiger partial charge in [0.1, 0.15) is 5.82 Å². The Bertz CT molecular complexity index is 261. The van der Waals surface area contributed by atoms with Gasteiger partial charge in [0.25, 0.3) is 0 Å². The minimum atomic E-state index is 0.423. The van der Waals surface area contributed by atoms with Crippen molar-refractivity contribution in [3.63, 3.8) is 0 Å². The molecule has 0 saturated carbocycles. The zero-order chi connectivity index (χ0) is 10.4. The molecule has 1 atom stereocenters. The number of rotatable bonds is 5. The Morgan fingerprint density at radius 3 is 2.93 bits per heavy atom. The van der Waals surface area contributed by atoms with Gasteiger partial charge in [-0.3, -0.25) is 0 Å². The predicted octanol–water partition coefficient (Wildman–Crippen LogP) is 2.38. The fourth-order valence-electron chi connectivity index (χ4n) is 1.21. The summed E-state index contributed by atoms with van der Waals surface area (Å²) in [5, 5.41) is 3.32. The van der Waals surface area contributed by atoms with Gasteiger partial charge in [0.2, 0.25) is 0 Å². The van der Waals surface area contributed by atoms with Gasteiger partial charge >= 0.3 is 0 Å². The SMILES string of the molecule is CC(CCCN)Nc1ccc(Br)cn1. The summed E-state index contributed by atoms with van der Waals surface area (Å²) in [4.78, 5) is 4.24. The van der Waals surface area contributed by atoms with E-state index in [2.05, 4.69) is 33.2 Å². The standard InChI is InChI=1S/C10H16BrN3/c1-8(3-2-6-12)14-10-5-4-9(11)7-13-10/h4-5,7-8H,2-3,6,12H2,1H3,(H,13,14). The van der Waals surface area contributed by atoms with E-state index in [1.165, 1.54) is 0 Å². The second-order valence-electron chi connectivity index (χ2n) is 3.34. The first-order valence-corrected chi connectivity index (χ1v) is 5.60. The largest absolute Gasteiger partial charge is 0.368 e. The van der Waals surface area contributed by atoms with E-state index in [9.17, 15) is 0 Å². The molecule has 0 saturated heterocycles.